The zero-order chi connectivity index (χ0) is 50.6. The molecule has 19 heteroatoms. The Morgan fingerprint density at radius 1 is 0.915 bits per heavy atom. The first-order valence-corrected chi connectivity index (χ1v) is 27.0. The smallest absolute Gasteiger partial charge is 0.407 e. The molecule has 10 rings (SSSR count). The minimum Gasteiger partial charge on any atom is -0.476 e. The van der Waals surface area contributed by atoms with E-state index in [9.17, 15) is 32.5 Å². The molecule has 4 aliphatic carbocycles. The Balaban J connectivity index is 0.885. The molecule has 4 heterocycles. The van der Waals surface area contributed by atoms with Crippen LogP contribution in [-0.4, -0.2) is 117 Å². The molecule has 71 heavy (non-hydrogen) atoms. The molecule has 4 fully saturated rings. The van der Waals surface area contributed by atoms with E-state index in [1.807, 2.05) is 76.0 Å². The van der Waals surface area contributed by atoms with E-state index in [0.29, 0.717) is 86.4 Å². The van der Waals surface area contributed by atoms with Gasteiger partial charge in [-0.1, -0.05) is 49.4 Å². The van der Waals surface area contributed by atoms with Crippen molar-refractivity contribution in [3.05, 3.63) is 88.9 Å². The van der Waals surface area contributed by atoms with Gasteiger partial charge in [0.05, 0.1) is 34.4 Å². The van der Waals surface area contributed by atoms with Gasteiger partial charge in [0.2, 0.25) is 0 Å². The molecule has 2 aromatic carbocycles. The lowest BCUT2D eigenvalue weighted by molar-refractivity contribution is -0.248. The maximum absolute atomic E-state index is 13.7. The third kappa shape index (κ3) is 11.4. The van der Waals surface area contributed by atoms with Crippen LogP contribution in [0, 0.1) is 23.2 Å². The van der Waals surface area contributed by atoms with Gasteiger partial charge in [0, 0.05) is 61.7 Å². The van der Waals surface area contributed by atoms with Crippen LogP contribution >= 0.6 is 11.3 Å². The number of benzene rings is 2. The number of aromatic nitrogens is 4. The molecule has 380 valence electrons. The van der Waals surface area contributed by atoms with Crippen LogP contribution in [0.5, 0.6) is 0 Å². The van der Waals surface area contributed by atoms with E-state index in [-0.39, 0.29) is 40.0 Å². The van der Waals surface area contributed by atoms with Gasteiger partial charge in [-0.2, -0.15) is 13.5 Å². The second kappa shape index (κ2) is 19.2. The zero-order valence-corrected chi connectivity index (χ0v) is 43.2. The van der Waals surface area contributed by atoms with Crippen LogP contribution in [0.25, 0.3) is 21.3 Å². The fourth-order valence-electron chi connectivity index (χ4n) is 13.2. The molecule has 5 aliphatic rings. The molecule has 0 saturated heterocycles. The van der Waals surface area contributed by atoms with Gasteiger partial charge in [0.25, 0.3) is 16.0 Å². The highest BCUT2D eigenvalue weighted by Crippen LogP contribution is 2.72. The lowest BCUT2D eigenvalue weighted by atomic mass is 9.39. The molecule has 0 radical (unpaired) electrons. The minimum absolute atomic E-state index is 0.0392. The number of thiazole rings is 1. The van der Waals surface area contributed by atoms with Gasteiger partial charge in [-0.15, -0.1) is 0 Å². The van der Waals surface area contributed by atoms with Gasteiger partial charge < -0.3 is 24.8 Å². The number of alkyl carbamates (subject to hydrolysis) is 1. The number of rotatable bonds is 18. The number of nitrogens with zero attached hydrogens (tertiary/aromatic N) is 6. The first kappa shape index (κ1) is 50.5. The molecule has 4 saturated carbocycles. The second-order valence-corrected chi connectivity index (χ2v) is 25.0. The van der Waals surface area contributed by atoms with Gasteiger partial charge in [-0.3, -0.25) is 24.2 Å². The molecule has 1 aliphatic heterocycles. The number of pyridine rings is 1. The first-order chi connectivity index (χ1) is 33.5. The summed E-state index contributed by atoms with van der Waals surface area (Å²) in [5.74, 6) is -1.28. The van der Waals surface area contributed by atoms with E-state index in [1.165, 1.54) is 11.3 Å². The van der Waals surface area contributed by atoms with Gasteiger partial charge in [-0.05, 0) is 143 Å². The number of aromatic carboxylic acids is 1. The number of hydrogen-bond acceptors (Lipinski definition) is 13. The molecule has 17 nitrogen and oxygen atoms in total. The lowest BCUT2D eigenvalue weighted by Gasteiger charge is -2.69. The van der Waals surface area contributed by atoms with Crippen molar-refractivity contribution >= 4 is 60.6 Å². The van der Waals surface area contributed by atoms with E-state index in [0.717, 1.165) is 65.6 Å². The number of nitrogens with one attached hydrogen (secondary N) is 2. The highest BCUT2D eigenvalue weighted by molar-refractivity contribution is 7.85. The summed E-state index contributed by atoms with van der Waals surface area (Å²) < 4.78 is 48.5. The Hall–Kier alpha value is -5.47. The summed E-state index contributed by atoms with van der Waals surface area (Å²) in [5.41, 5.74) is 4.23. The van der Waals surface area contributed by atoms with Crippen molar-refractivity contribution in [3.8, 4) is 11.1 Å². The van der Waals surface area contributed by atoms with E-state index in [1.54, 1.807) is 27.0 Å². The molecule has 2 unspecified atom stereocenters. The first-order valence-electron chi connectivity index (χ1n) is 24.6. The Kier molecular flexibility index (Phi) is 13.6. The number of hydrogen-bond donors (Lipinski definition) is 4. The van der Waals surface area contributed by atoms with Crippen LogP contribution in [-0.2, 0) is 39.1 Å². The number of carbonyl (C=O) groups is 3. The predicted molar refractivity (Wildman–Crippen MR) is 273 cm³/mol. The molecule has 5 aromatic rings. The zero-order valence-electron chi connectivity index (χ0n) is 41.5. The van der Waals surface area contributed by atoms with Gasteiger partial charge in [0.15, 0.2) is 10.8 Å². The average molecular weight is 1010 g/mol. The second-order valence-electron chi connectivity index (χ2n) is 22.4. The highest BCUT2D eigenvalue weighted by atomic mass is 32.2. The van der Waals surface area contributed by atoms with E-state index in [2.05, 4.69) is 29.5 Å². The standard InChI is InChI=1S/C52H66N8O9S2/c1-34-38(36-15-16-42(56-43(36)45(62)63)59-20-17-35-11-9-12-37(39(35)26-59)44(61)57-46-55-40-13-7-8-14-41(40)70-46)25-54-60(34)33-51-28-49(5)27-50(6,29-51)31-52(30-49,32-51)68-23-21-58(22-24-71(65,66)67)19-10-18-53-47(64)69-48(2,3)4/h7-9,11-16,25H,10,17-24,26-33H2,1-6H3,(H,53,64)(H,62,63)(H,55,57,61)(H,65,66,67). The average Bonchev–Trinajstić information content (AvgIpc) is 3.85. The van der Waals surface area contributed by atoms with Gasteiger partial charge >= 0.3 is 12.1 Å². The van der Waals surface area contributed by atoms with Crippen LogP contribution in [0.3, 0.4) is 0 Å². The Morgan fingerprint density at radius 2 is 1.68 bits per heavy atom. The predicted octanol–water partition coefficient (Wildman–Crippen LogP) is 8.62. The quantitative estimate of drug-likeness (QED) is 0.0477. The summed E-state index contributed by atoms with van der Waals surface area (Å²) >= 11 is 1.42. The molecule has 3 aromatic heterocycles. The third-order valence-corrected chi connectivity index (χ3v) is 16.4. The normalized spacial score (nSPS) is 23.8. The van der Waals surface area contributed by atoms with Crippen molar-refractivity contribution in [1.29, 1.82) is 0 Å². The summed E-state index contributed by atoms with van der Waals surface area (Å²) in [5, 5.41) is 21.9. The maximum Gasteiger partial charge on any atom is 0.407 e. The van der Waals surface area contributed by atoms with Gasteiger partial charge in [0.1, 0.15) is 11.4 Å². The summed E-state index contributed by atoms with van der Waals surface area (Å²) in [7, 11) is -4.18. The van der Waals surface area contributed by atoms with E-state index < -0.39 is 33.5 Å². The van der Waals surface area contributed by atoms with Crippen molar-refractivity contribution in [2.45, 2.75) is 117 Å². The summed E-state index contributed by atoms with van der Waals surface area (Å²) in [6.07, 6.45) is 8.27. The largest absolute Gasteiger partial charge is 0.476 e. The number of fused-ring (bicyclic) bond motifs is 2. The summed E-state index contributed by atoms with van der Waals surface area (Å²) in [6, 6.07) is 17.2. The Morgan fingerprint density at radius 3 is 2.39 bits per heavy atom. The number of carbonyl (C=O) groups excluding carboxylic acids is 2. The molecular weight excluding hydrogens is 945 g/mol. The third-order valence-electron chi connectivity index (χ3n) is 14.8. The fourth-order valence-corrected chi connectivity index (χ4v) is 14.6. The van der Waals surface area contributed by atoms with Crippen LogP contribution in [0.2, 0.25) is 0 Å². The molecule has 0 spiro atoms. The minimum atomic E-state index is -4.18. The topological polar surface area (TPSA) is 218 Å². The molecule has 4 bridgehead atoms. The van der Waals surface area contributed by atoms with Crippen molar-refractivity contribution in [1.82, 2.24) is 30.0 Å². The van der Waals surface area contributed by atoms with E-state index in [4.69, 9.17) is 19.6 Å². The maximum atomic E-state index is 13.7. The Bertz CT molecular complexity index is 2910. The number of carboxylic acids is 1. The molecule has 2 amide bonds. The fraction of sp³-hybridized carbons (Fsp3) is 0.538. The van der Waals surface area contributed by atoms with Crippen LogP contribution < -0.4 is 15.5 Å². The molecular formula is C52H66N8O9S2. The molecule has 4 N–H and O–H groups in total. The van der Waals surface area contributed by atoms with Crippen molar-refractivity contribution in [3.63, 3.8) is 0 Å². The number of carboxylic acid groups (broad SMARTS) is 1. The van der Waals surface area contributed by atoms with Crippen LogP contribution in [0.1, 0.15) is 117 Å². The summed E-state index contributed by atoms with van der Waals surface area (Å²) in [6.45, 7) is 15.6. The monoisotopic (exact) mass is 1010 g/mol. The van der Waals surface area contributed by atoms with Crippen molar-refractivity contribution < 1.29 is 41.9 Å². The van der Waals surface area contributed by atoms with Crippen molar-refractivity contribution in [2.24, 2.45) is 16.2 Å². The number of anilines is 2. The van der Waals surface area contributed by atoms with Crippen LogP contribution in [0.4, 0.5) is 15.7 Å². The van der Waals surface area contributed by atoms with Crippen LogP contribution in [0.15, 0.2) is 60.8 Å². The number of para-hydroxylation sites is 1. The summed E-state index contributed by atoms with van der Waals surface area (Å²) in [4.78, 5) is 52.3. The molecule has 2 atom stereocenters. The van der Waals surface area contributed by atoms with Crippen molar-refractivity contribution in [2.75, 3.05) is 55.3 Å². The Labute approximate surface area is 419 Å². The highest BCUT2D eigenvalue weighted by Gasteiger charge is 2.66. The SMILES string of the molecule is Cc1c(-c2ccc(N3CCc4cccc(C(=O)Nc5nc6ccccc6s5)c4C3)nc2C(=O)O)cnn1CC12CC3(C)CC(C)(C1)CC(OCCN(CCCNC(=O)OC(C)(C)C)CCS(=O)(=O)O)(C3)C2. The van der Waals surface area contributed by atoms with E-state index >= 15 is 0 Å². The lowest BCUT2D eigenvalue weighted by Crippen LogP contribution is -2.64. The number of ether oxygens (including phenoxy) is 2. The van der Waals surface area contributed by atoms with Gasteiger partial charge in [-0.25, -0.2) is 19.6 Å². The number of amides is 2.